The molecule has 0 amide bonds. The van der Waals surface area contributed by atoms with Crippen LogP contribution in [0, 0.1) is 18.4 Å². The van der Waals surface area contributed by atoms with Crippen molar-refractivity contribution in [1.29, 1.82) is 0 Å². The average Bonchev–Trinajstić information content (AvgIpc) is 4.22. The van der Waals surface area contributed by atoms with Crippen LogP contribution in [0.3, 0.4) is 0 Å². The van der Waals surface area contributed by atoms with Gasteiger partial charge in [-0.2, -0.15) is 23.5 Å². The molecule has 1 aliphatic heterocycles. The number of aromatic hydroxyl groups is 1. The first-order valence-corrected chi connectivity index (χ1v) is 26.4. The lowest BCUT2D eigenvalue weighted by molar-refractivity contribution is -0.147. The average molecular weight is 1110 g/mol. The van der Waals surface area contributed by atoms with E-state index in [1.165, 1.54) is 52.9 Å². The van der Waals surface area contributed by atoms with E-state index in [4.69, 9.17) is 39.7 Å². The van der Waals surface area contributed by atoms with Gasteiger partial charge in [0.25, 0.3) is 0 Å². The summed E-state index contributed by atoms with van der Waals surface area (Å²) in [6, 6.07) is 25.9. The molecule has 1 saturated heterocycles. The largest absolute Gasteiger partial charge is 0.506 e. The highest BCUT2D eigenvalue weighted by molar-refractivity contribution is 7.99. The maximum atomic E-state index is 12.4. The van der Waals surface area contributed by atoms with Crippen LogP contribution in [-0.4, -0.2) is 141 Å². The second kappa shape index (κ2) is 34.2. The third-order valence-corrected chi connectivity index (χ3v) is 13.0. The van der Waals surface area contributed by atoms with Gasteiger partial charge in [0.15, 0.2) is 6.79 Å². The molecule has 19 nitrogen and oxygen atoms in total. The predicted octanol–water partition coefficient (Wildman–Crippen LogP) is 7.87. The third kappa shape index (κ3) is 21.2. The number of methoxy groups -OCH3 is 1. The van der Waals surface area contributed by atoms with E-state index >= 15 is 0 Å². The summed E-state index contributed by atoms with van der Waals surface area (Å²) in [4.78, 5) is 50.2. The number of aromatic nitrogens is 6. The van der Waals surface area contributed by atoms with E-state index < -0.39 is 11.9 Å². The van der Waals surface area contributed by atoms with Gasteiger partial charge < -0.3 is 43.7 Å². The van der Waals surface area contributed by atoms with E-state index in [1.807, 2.05) is 80.6 Å². The molecule has 0 saturated carbocycles. The van der Waals surface area contributed by atoms with E-state index in [1.54, 1.807) is 32.2 Å². The fourth-order valence-corrected chi connectivity index (χ4v) is 8.27. The number of phenolic OH excluding ortho intramolecular Hbond substituents is 1. The highest BCUT2D eigenvalue weighted by Crippen LogP contribution is 2.26. The van der Waals surface area contributed by atoms with Gasteiger partial charge in [-0.3, -0.25) is 9.59 Å². The Hall–Kier alpha value is -6.58. The predicted molar refractivity (Wildman–Crippen MR) is 295 cm³/mol. The lowest BCUT2D eigenvalue weighted by Gasteiger charge is -2.13. The number of thioether (sulfide) groups is 2. The van der Waals surface area contributed by atoms with Gasteiger partial charge >= 0.3 is 23.9 Å². The zero-order valence-electron chi connectivity index (χ0n) is 43.5. The molecule has 0 bridgehead atoms. The summed E-state index contributed by atoms with van der Waals surface area (Å²) in [5.74, 6) is 0.935. The molecule has 4 aromatic carbocycles. The fourth-order valence-electron chi connectivity index (χ4n) is 6.55. The third-order valence-electron chi connectivity index (χ3n) is 10.6. The fraction of sp³-hybridized carbons (Fsp3) is 0.407. The van der Waals surface area contributed by atoms with Crippen LogP contribution < -0.4 is 4.74 Å². The number of nitrogens with zero attached hydrogens (tertiary/aromatic N) is 6. The molecule has 1 aliphatic rings. The first-order valence-electron chi connectivity index (χ1n) is 24.1. The molecule has 22 heteroatoms. The molecular weight excluding hydrogens is 1040 g/mol. The molecular formula is C54H68ClN6O13S2+. The van der Waals surface area contributed by atoms with E-state index in [-0.39, 0.29) is 86.2 Å². The van der Waals surface area contributed by atoms with Crippen LogP contribution in [0.15, 0.2) is 103 Å². The molecule has 0 radical (unpaired) electrons. The van der Waals surface area contributed by atoms with Crippen LogP contribution in [0.25, 0.3) is 33.4 Å². The Kier molecular flexibility index (Phi) is 28.6. The van der Waals surface area contributed by atoms with Crippen LogP contribution in [-0.2, 0) is 60.4 Å². The van der Waals surface area contributed by atoms with Crippen molar-refractivity contribution in [1.82, 2.24) is 30.0 Å². The van der Waals surface area contributed by atoms with E-state index in [2.05, 4.69) is 27.0 Å². The summed E-state index contributed by atoms with van der Waals surface area (Å²) in [5.41, 5.74) is 6.46. The Labute approximate surface area is 457 Å². The van der Waals surface area contributed by atoms with Crippen molar-refractivity contribution < 1.29 is 62.9 Å². The van der Waals surface area contributed by atoms with Crippen molar-refractivity contribution in [2.45, 2.75) is 53.4 Å². The number of carbonyl (C=O) groups excluding carboxylic acids is 4. The minimum Gasteiger partial charge on any atom is -0.506 e. The molecule has 410 valence electrons. The molecule has 0 aliphatic carbocycles. The molecule has 2 atom stereocenters. The van der Waals surface area contributed by atoms with E-state index in [0.29, 0.717) is 58.6 Å². The number of hydrogen-bond acceptors (Lipinski definition) is 18. The van der Waals surface area contributed by atoms with E-state index in [0.717, 1.165) is 46.4 Å². The lowest BCUT2D eigenvalue weighted by atomic mass is 10.1. The van der Waals surface area contributed by atoms with Crippen LogP contribution in [0.4, 0.5) is 0 Å². The van der Waals surface area contributed by atoms with Crippen LogP contribution in [0.5, 0.6) is 11.5 Å². The molecule has 1 fully saturated rings. The smallest absolute Gasteiger partial charge is 0.487 e. The number of ether oxygens (including phenoxy) is 7. The van der Waals surface area contributed by atoms with Gasteiger partial charge in [0, 0.05) is 68.7 Å². The van der Waals surface area contributed by atoms with E-state index in [9.17, 15) is 24.3 Å². The van der Waals surface area contributed by atoms with Gasteiger partial charge in [0.05, 0.1) is 31.6 Å². The highest BCUT2D eigenvalue weighted by Gasteiger charge is 2.19. The number of fused-ring (bicyclic) bond motifs is 2. The van der Waals surface area contributed by atoms with Crippen molar-refractivity contribution in [3.63, 3.8) is 0 Å². The second-order valence-corrected chi connectivity index (χ2v) is 19.3. The monoisotopic (exact) mass is 1110 g/mol. The molecule has 2 unspecified atom stereocenters. The van der Waals surface area contributed by atoms with Crippen LogP contribution in [0.1, 0.15) is 51.7 Å². The summed E-state index contributed by atoms with van der Waals surface area (Å²) in [6.45, 7) is 18.7. The van der Waals surface area contributed by atoms with Gasteiger partial charge in [0.2, 0.25) is 5.57 Å². The minimum atomic E-state index is -0.513. The Bertz CT molecular complexity index is 2730. The molecule has 2 aromatic heterocycles. The second-order valence-electron chi connectivity index (χ2n) is 17.0. The minimum absolute atomic E-state index is 0. The van der Waals surface area contributed by atoms with Crippen LogP contribution >= 0.6 is 35.9 Å². The maximum Gasteiger partial charge on any atom is 0.487 e. The number of halogens is 1. The topological polar surface area (TPSA) is 246 Å². The normalized spacial score (nSPS) is 12.3. The molecule has 0 spiro atoms. The first-order chi connectivity index (χ1) is 35.7. The van der Waals surface area contributed by atoms with Gasteiger partial charge in [0.1, 0.15) is 58.2 Å². The van der Waals surface area contributed by atoms with Gasteiger partial charge in [-0.25, -0.2) is 4.79 Å². The number of carbonyl (C=O) groups is 4. The van der Waals surface area contributed by atoms with Crippen molar-refractivity contribution in [2.24, 2.45) is 11.8 Å². The maximum absolute atomic E-state index is 12.4. The zero-order chi connectivity index (χ0) is 53.2. The summed E-state index contributed by atoms with van der Waals surface area (Å²) in [6.07, 6.45) is 3.57. The Morgan fingerprint density at radius 3 is 1.57 bits per heavy atom. The summed E-state index contributed by atoms with van der Waals surface area (Å²) >= 11 is 3.04. The van der Waals surface area contributed by atoms with Gasteiger partial charge in [-0.15, -0.1) is 47.2 Å². The summed E-state index contributed by atoms with van der Waals surface area (Å²) < 4.78 is 36.6. The Balaban J connectivity index is 0.000000358. The van der Waals surface area contributed by atoms with Crippen molar-refractivity contribution in [3.8, 4) is 22.9 Å². The zero-order valence-corrected chi connectivity index (χ0v) is 45.9. The standard InChI is InChI=1S/C26H30N3O6S.C24H27N3O5S.C4H8O.ClH.H2O/c1-18(2)25(30)34-13-14-36-16-19(3)26(31)33-12-11-20-9-10-24(35-17-32-4)23(15-20)29-27-21-7-5-6-8-22(21)28-29;1-16(2)23(29)32-12-13-33-15-17(3)24(30)31-11-10-18-8-9-22(28)21(14-18)27-25-19-6-4-5-7-20(19)26-27;1-2-4-5-3-1;;/h1,5-10,15,19H,11-14,16-17H2,2-4H3;4-9,14,17,28H,1,10-13,15H2,2-3H3;1-4H2;1H;1H2/q+1;;;;. The number of benzene rings is 4. The van der Waals surface area contributed by atoms with Crippen molar-refractivity contribution in [3.05, 3.63) is 120 Å². The number of esters is 4. The van der Waals surface area contributed by atoms with Crippen molar-refractivity contribution in [2.75, 3.05) is 76.6 Å². The quantitative estimate of drug-likeness (QED) is 0.0143. The Morgan fingerprint density at radius 2 is 1.13 bits per heavy atom. The Morgan fingerprint density at radius 1 is 0.684 bits per heavy atom. The van der Waals surface area contributed by atoms with Crippen LogP contribution in [0.2, 0.25) is 0 Å². The van der Waals surface area contributed by atoms with Crippen molar-refractivity contribution >= 4 is 81.9 Å². The SMILES string of the molecule is C1CCOC1.C=C(C)C(=O)OCCSCC(C)C(=O)OCCc1ccc(O)c(-n2nc3ccccc3n2)c1.Cl.O.[CH+]=C(C)C(=O)OCCSCC(C)C(=O)OCCc1ccc(OCOC)c(-n2nc3ccccc3n2)c1. The molecule has 3 heterocycles. The number of rotatable bonds is 25. The molecule has 7 rings (SSSR count). The number of phenols is 1. The molecule has 76 heavy (non-hydrogen) atoms. The lowest BCUT2D eigenvalue weighted by Crippen LogP contribution is -2.19. The van der Waals surface area contributed by atoms with Gasteiger partial charge in [-0.1, -0.05) is 56.8 Å². The molecule has 6 aromatic rings. The first kappa shape index (κ1) is 63.7. The highest BCUT2D eigenvalue weighted by atomic mass is 35.5. The number of hydrogen-bond donors (Lipinski definition) is 1. The summed E-state index contributed by atoms with van der Waals surface area (Å²) in [5, 5.41) is 28.2. The summed E-state index contributed by atoms with van der Waals surface area (Å²) in [7, 11) is 1.55. The van der Waals surface area contributed by atoms with Gasteiger partial charge in [-0.05, 0) is 79.4 Å². The molecule has 3 N–H and O–H groups in total.